The highest BCUT2D eigenvalue weighted by Crippen LogP contribution is 2.30. The van der Waals surface area contributed by atoms with Gasteiger partial charge in [0, 0.05) is 41.1 Å². The number of rotatable bonds is 6. The maximum absolute atomic E-state index is 14.3. The maximum atomic E-state index is 14.3. The van der Waals surface area contributed by atoms with Gasteiger partial charge in [-0.3, -0.25) is 9.36 Å². The fourth-order valence-corrected chi connectivity index (χ4v) is 4.42. The van der Waals surface area contributed by atoms with Crippen molar-refractivity contribution in [1.29, 1.82) is 0 Å². The second kappa shape index (κ2) is 9.69. The zero-order valence-corrected chi connectivity index (χ0v) is 21.1. The standard InChI is InChI=1S/C28H27N7O2/c1-16-7-5-9-21(11-16)35-23(18(3)33-25-17(2)13-30-27(29)34-25)12-19-8-6-10-22(24(19)26(35)36)20-14-31-28(37-4)32-15-20/h5-15,18H,1-4H3,(H3,29,30,33,34)/t18-/m0/s1. The Balaban J connectivity index is 1.74. The highest BCUT2D eigenvalue weighted by atomic mass is 16.5. The number of nitrogen functional groups attached to an aromatic ring is 1. The topological polar surface area (TPSA) is 121 Å². The van der Waals surface area contributed by atoms with Crippen molar-refractivity contribution in [2.24, 2.45) is 0 Å². The van der Waals surface area contributed by atoms with E-state index in [2.05, 4.69) is 25.3 Å². The van der Waals surface area contributed by atoms with E-state index >= 15 is 0 Å². The molecule has 0 unspecified atom stereocenters. The number of aryl methyl sites for hydroxylation is 2. The van der Waals surface area contributed by atoms with Crippen molar-refractivity contribution in [2.75, 3.05) is 18.2 Å². The van der Waals surface area contributed by atoms with Gasteiger partial charge in [-0.1, -0.05) is 30.3 Å². The molecule has 0 bridgehead atoms. The lowest BCUT2D eigenvalue weighted by molar-refractivity contribution is 0.380. The van der Waals surface area contributed by atoms with Crippen molar-refractivity contribution < 1.29 is 4.74 Å². The van der Waals surface area contributed by atoms with Gasteiger partial charge in [0.15, 0.2) is 0 Å². The van der Waals surface area contributed by atoms with Crippen LogP contribution in [0.3, 0.4) is 0 Å². The number of nitrogens with zero attached hydrogens (tertiary/aromatic N) is 5. The number of anilines is 2. The summed E-state index contributed by atoms with van der Waals surface area (Å²) in [6.07, 6.45) is 5.00. The van der Waals surface area contributed by atoms with Crippen LogP contribution in [0.2, 0.25) is 0 Å². The van der Waals surface area contributed by atoms with Crippen molar-refractivity contribution >= 4 is 22.5 Å². The Morgan fingerprint density at radius 1 is 1.00 bits per heavy atom. The van der Waals surface area contributed by atoms with Gasteiger partial charge < -0.3 is 15.8 Å². The van der Waals surface area contributed by atoms with E-state index in [9.17, 15) is 4.79 Å². The Hall–Kier alpha value is -4.79. The van der Waals surface area contributed by atoms with E-state index in [1.807, 2.05) is 69.3 Å². The Bertz CT molecular complexity index is 1660. The summed E-state index contributed by atoms with van der Waals surface area (Å²) in [5.74, 6) is 0.800. The van der Waals surface area contributed by atoms with Crippen LogP contribution in [-0.2, 0) is 0 Å². The SMILES string of the molecule is COc1ncc(-c2cccc3cc([C@H](C)Nc4nc(N)ncc4C)n(-c4cccc(C)c4)c(=O)c23)cn1. The van der Waals surface area contributed by atoms with E-state index in [1.165, 1.54) is 7.11 Å². The van der Waals surface area contributed by atoms with Gasteiger partial charge in [-0.15, -0.1) is 0 Å². The monoisotopic (exact) mass is 493 g/mol. The van der Waals surface area contributed by atoms with Crippen molar-refractivity contribution in [3.8, 4) is 22.8 Å². The normalized spacial score (nSPS) is 11.9. The predicted molar refractivity (Wildman–Crippen MR) is 145 cm³/mol. The zero-order valence-electron chi connectivity index (χ0n) is 21.1. The third kappa shape index (κ3) is 4.58. The summed E-state index contributed by atoms with van der Waals surface area (Å²) in [6.45, 7) is 5.90. The van der Waals surface area contributed by atoms with E-state index in [-0.39, 0.29) is 23.6 Å². The lowest BCUT2D eigenvalue weighted by Gasteiger charge is -2.23. The van der Waals surface area contributed by atoms with Crippen molar-refractivity contribution in [3.05, 3.63) is 94.3 Å². The highest BCUT2D eigenvalue weighted by molar-refractivity contribution is 5.96. The zero-order chi connectivity index (χ0) is 26.1. The Morgan fingerprint density at radius 3 is 2.49 bits per heavy atom. The molecule has 0 amide bonds. The van der Waals surface area contributed by atoms with Gasteiger partial charge >= 0.3 is 6.01 Å². The molecular formula is C28H27N7O2. The summed E-state index contributed by atoms with van der Waals surface area (Å²) < 4.78 is 6.85. The second-order valence-electron chi connectivity index (χ2n) is 8.90. The van der Waals surface area contributed by atoms with Gasteiger partial charge in [-0.05, 0) is 55.5 Å². The van der Waals surface area contributed by atoms with Gasteiger partial charge in [0.2, 0.25) is 5.95 Å². The predicted octanol–water partition coefficient (Wildman–Crippen LogP) is 4.62. The van der Waals surface area contributed by atoms with Gasteiger partial charge in [-0.25, -0.2) is 15.0 Å². The number of ether oxygens (including phenoxy) is 1. The molecule has 5 aromatic rings. The minimum atomic E-state index is -0.279. The smallest absolute Gasteiger partial charge is 0.316 e. The highest BCUT2D eigenvalue weighted by Gasteiger charge is 2.20. The summed E-state index contributed by atoms with van der Waals surface area (Å²) in [6, 6.07) is 15.7. The first kappa shape index (κ1) is 23.9. The van der Waals surface area contributed by atoms with Crippen LogP contribution in [0.25, 0.3) is 27.6 Å². The molecular weight excluding hydrogens is 466 g/mol. The minimum absolute atomic E-state index is 0.142. The van der Waals surface area contributed by atoms with Crippen LogP contribution in [0.4, 0.5) is 11.8 Å². The molecule has 1 atom stereocenters. The number of benzene rings is 2. The summed E-state index contributed by atoms with van der Waals surface area (Å²) in [5.41, 5.74) is 10.6. The molecule has 0 saturated carbocycles. The lowest BCUT2D eigenvalue weighted by Crippen LogP contribution is -2.26. The number of aromatic nitrogens is 5. The van der Waals surface area contributed by atoms with Gasteiger partial charge in [-0.2, -0.15) is 4.98 Å². The average Bonchev–Trinajstić information content (AvgIpc) is 2.90. The van der Waals surface area contributed by atoms with Crippen molar-refractivity contribution in [2.45, 2.75) is 26.8 Å². The van der Waals surface area contributed by atoms with E-state index in [0.29, 0.717) is 11.2 Å². The van der Waals surface area contributed by atoms with E-state index in [1.54, 1.807) is 23.2 Å². The van der Waals surface area contributed by atoms with Crippen LogP contribution in [0.5, 0.6) is 6.01 Å². The fraction of sp³-hybridized carbons (Fsp3) is 0.179. The van der Waals surface area contributed by atoms with Crippen molar-refractivity contribution in [3.63, 3.8) is 0 Å². The molecule has 0 aliphatic rings. The first-order valence-electron chi connectivity index (χ1n) is 11.8. The second-order valence-corrected chi connectivity index (χ2v) is 8.90. The summed E-state index contributed by atoms with van der Waals surface area (Å²) in [7, 11) is 1.52. The van der Waals surface area contributed by atoms with Crippen molar-refractivity contribution in [1.82, 2.24) is 24.5 Å². The molecule has 0 aliphatic carbocycles. The molecule has 0 aliphatic heterocycles. The molecule has 2 aromatic carbocycles. The quantitative estimate of drug-likeness (QED) is 0.352. The van der Waals surface area contributed by atoms with Gasteiger partial charge in [0.1, 0.15) is 5.82 Å². The maximum Gasteiger partial charge on any atom is 0.316 e. The average molecular weight is 494 g/mol. The lowest BCUT2D eigenvalue weighted by atomic mass is 9.99. The first-order chi connectivity index (χ1) is 17.9. The molecule has 3 N–H and O–H groups in total. The number of hydrogen-bond acceptors (Lipinski definition) is 8. The van der Waals surface area contributed by atoms with Crippen LogP contribution >= 0.6 is 0 Å². The van der Waals surface area contributed by atoms with E-state index in [0.717, 1.165) is 39.0 Å². The molecule has 5 rings (SSSR count). The minimum Gasteiger partial charge on any atom is -0.467 e. The molecule has 3 heterocycles. The molecule has 0 fully saturated rings. The molecule has 186 valence electrons. The Morgan fingerprint density at radius 2 is 1.76 bits per heavy atom. The number of hydrogen-bond donors (Lipinski definition) is 2. The van der Waals surface area contributed by atoms with Crippen LogP contribution in [0.15, 0.2) is 71.9 Å². The Labute approximate surface area is 214 Å². The molecule has 0 spiro atoms. The number of nitrogens with one attached hydrogen (secondary N) is 1. The molecule has 3 aromatic heterocycles. The van der Waals surface area contributed by atoms with Gasteiger partial charge in [0.05, 0.1) is 18.5 Å². The fourth-order valence-electron chi connectivity index (χ4n) is 4.42. The third-order valence-electron chi connectivity index (χ3n) is 6.24. The van der Waals surface area contributed by atoms with Crippen LogP contribution in [0, 0.1) is 13.8 Å². The van der Waals surface area contributed by atoms with Gasteiger partial charge in [0.25, 0.3) is 5.56 Å². The first-order valence-corrected chi connectivity index (χ1v) is 11.8. The summed E-state index contributed by atoms with van der Waals surface area (Å²) in [4.78, 5) is 31.2. The largest absolute Gasteiger partial charge is 0.467 e. The number of nitrogens with two attached hydrogens (primary N) is 1. The van der Waals surface area contributed by atoms with E-state index < -0.39 is 0 Å². The molecule has 0 saturated heterocycles. The van der Waals surface area contributed by atoms with Crippen LogP contribution < -0.4 is 21.3 Å². The summed E-state index contributed by atoms with van der Waals surface area (Å²) in [5, 5.41) is 4.81. The number of pyridine rings is 1. The summed E-state index contributed by atoms with van der Waals surface area (Å²) >= 11 is 0. The molecule has 9 nitrogen and oxygen atoms in total. The number of fused-ring (bicyclic) bond motifs is 1. The molecule has 9 heteroatoms. The number of methoxy groups -OCH3 is 1. The molecule has 0 radical (unpaired) electrons. The van der Waals surface area contributed by atoms with Crippen LogP contribution in [0.1, 0.15) is 29.8 Å². The third-order valence-corrected chi connectivity index (χ3v) is 6.24. The Kier molecular flexibility index (Phi) is 6.27. The van der Waals surface area contributed by atoms with Crippen LogP contribution in [-0.4, -0.2) is 31.6 Å². The van der Waals surface area contributed by atoms with E-state index in [4.69, 9.17) is 10.5 Å². The molecule has 37 heavy (non-hydrogen) atoms.